The molecule has 0 saturated heterocycles. The highest BCUT2D eigenvalue weighted by molar-refractivity contribution is 5.98. The lowest BCUT2D eigenvalue weighted by atomic mass is 10.0. The Labute approximate surface area is 206 Å². The summed E-state index contributed by atoms with van der Waals surface area (Å²) in [6.07, 6.45) is 0.737. The van der Waals surface area contributed by atoms with Gasteiger partial charge in [-0.25, -0.2) is 4.79 Å². The lowest BCUT2D eigenvalue weighted by Gasteiger charge is -2.25. The number of nitrogens with zero attached hydrogens (tertiary/aromatic N) is 1. The van der Waals surface area contributed by atoms with Crippen LogP contribution >= 0.6 is 12.4 Å². The maximum absolute atomic E-state index is 13.4. The molecule has 1 fully saturated rings. The van der Waals surface area contributed by atoms with E-state index in [1.807, 2.05) is 84.9 Å². The maximum atomic E-state index is 13.4. The number of amides is 2. The predicted octanol–water partition coefficient (Wildman–Crippen LogP) is 4.42. The highest BCUT2D eigenvalue weighted by atomic mass is 35.5. The number of alkyl carbamates (subject to hydrolysis) is 1. The van der Waals surface area contributed by atoms with E-state index < -0.39 is 12.1 Å². The number of hydrogen-bond acceptors (Lipinski definition) is 4. The Morgan fingerprint density at radius 1 is 0.971 bits per heavy atom. The second-order valence-corrected chi connectivity index (χ2v) is 8.44. The molecule has 0 bridgehead atoms. The first kappa shape index (κ1) is 25.3. The Morgan fingerprint density at radius 2 is 1.53 bits per heavy atom. The molecule has 2 amide bonds. The van der Waals surface area contributed by atoms with Crippen molar-refractivity contribution >= 4 is 30.1 Å². The number of hydrogen-bond donors (Lipinski definition) is 2. The Kier molecular flexibility index (Phi) is 8.68. The van der Waals surface area contributed by atoms with Crippen LogP contribution in [0.4, 0.5) is 10.5 Å². The van der Waals surface area contributed by atoms with Crippen LogP contribution in [-0.4, -0.2) is 31.1 Å². The van der Waals surface area contributed by atoms with Gasteiger partial charge in [-0.1, -0.05) is 72.8 Å². The largest absolute Gasteiger partial charge is 0.445 e. The molecule has 6 nitrogen and oxygen atoms in total. The Balaban J connectivity index is 0.00000324. The number of carbonyl (C=O) groups is 2. The number of ether oxygens (including phenoxy) is 1. The summed E-state index contributed by atoms with van der Waals surface area (Å²) in [5.41, 5.74) is 9.73. The zero-order valence-electron chi connectivity index (χ0n) is 19.1. The number of carbonyl (C=O) groups excluding carboxylic acids is 2. The summed E-state index contributed by atoms with van der Waals surface area (Å²) in [5, 5.41) is 2.76. The van der Waals surface area contributed by atoms with E-state index in [-0.39, 0.29) is 31.0 Å². The van der Waals surface area contributed by atoms with Crippen LogP contribution < -0.4 is 16.0 Å². The van der Waals surface area contributed by atoms with Crippen LogP contribution in [0.2, 0.25) is 0 Å². The topological polar surface area (TPSA) is 84.7 Å². The Morgan fingerprint density at radius 3 is 2.09 bits per heavy atom. The van der Waals surface area contributed by atoms with E-state index in [9.17, 15) is 9.59 Å². The van der Waals surface area contributed by atoms with E-state index in [0.29, 0.717) is 12.3 Å². The first-order valence-corrected chi connectivity index (χ1v) is 11.2. The van der Waals surface area contributed by atoms with Gasteiger partial charge in [0, 0.05) is 31.1 Å². The third-order valence-electron chi connectivity index (χ3n) is 5.96. The second kappa shape index (κ2) is 11.7. The lowest BCUT2D eigenvalue weighted by molar-refractivity contribution is -0.120. The van der Waals surface area contributed by atoms with Gasteiger partial charge in [0.1, 0.15) is 12.6 Å². The first-order valence-electron chi connectivity index (χ1n) is 11.2. The average Bonchev–Trinajstić information content (AvgIpc) is 3.59. The SMILES string of the molecule is CN(C(=O)C(Cc1ccccc1)NC(=O)OCc1ccccc1)c1ccc([C@@H]2C[C@H]2N)cc1.Cl. The molecule has 0 aliphatic heterocycles. The maximum Gasteiger partial charge on any atom is 0.408 e. The summed E-state index contributed by atoms with van der Waals surface area (Å²) in [5.74, 6) is 0.193. The van der Waals surface area contributed by atoms with Gasteiger partial charge in [0.15, 0.2) is 0 Å². The molecule has 1 saturated carbocycles. The van der Waals surface area contributed by atoms with Gasteiger partial charge in [-0.15, -0.1) is 12.4 Å². The van der Waals surface area contributed by atoms with Gasteiger partial charge in [-0.3, -0.25) is 4.79 Å². The minimum Gasteiger partial charge on any atom is -0.445 e. The van der Waals surface area contributed by atoms with E-state index in [2.05, 4.69) is 5.32 Å². The number of benzene rings is 3. The van der Waals surface area contributed by atoms with Crippen molar-refractivity contribution in [2.24, 2.45) is 5.73 Å². The average molecular weight is 480 g/mol. The molecule has 1 aliphatic carbocycles. The van der Waals surface area contributed by atoms with Crippen molar-refractivity contribution in [3.63, 3.8) is 0 Å². The van der Waals surface area contributed by atoms with Crippen molar-refractivity contribution in [3.05, 3.63) is 102 Å². The minimum absolute atomic E-state index is 0. The Bertz CT molecular complexity index is 1080. The van der Waals surface area contributed by atoms with Crippen LogP contribution in [0.5, 0.6) is 0 Å². The van der Waals surface area contributed by atoms with Crippen LogP contribution in [0.15, 0.2) is 84.9 Å². The molecule has 178 valence electrons. The van der Waals surface area contributed by atoms with Gasteiger partial charge in [-0.2, -0.15) is 0 Å². The first-order chi connectivity index (χ1) is 16.0. The number of nitrogens with two attached hydrogens (primary N) is 1. The van der Waals surface area contributed by atoms with E-state index in [1.165, 1.54) is 5.56 Å². The molecule has 0 radical (unpaired) electrons. The molecule has 3 atom stereocenters. The fraction of sp³-hybridized carbons (Fsp3) is 0.259. The number of likely N-dealkylation sites (N-methyl/N-ethyl adjacent to an activating group) is 1. The number of nitrogens with one attached hydrogen (secondary N) is 1. The summed E-state index contributed by atoms with van der Waals surface area (Å²) in [6.45, 7) is 0.138. The van der Waals surface area contributed by atoms with Crippen molar-refractivity contribution in [1.82, 2.24) is 5.32 Å². The predicted molar refractivity (Wildman–Crippen MR) is 136 cm³/mol. The molecule has 0 aromatic heterocycles. The van der Waals surface area contributed by atoms with Gasteiger partial charge in [-0.05, 0) is 35.2 Å². The molecule has 4 rings (SSSR count). The standard InChI is InChI=1S/C27H29N3O3.ClH/c1-30(22-14-12-21(13-15-22)23-17-24(23)28)26(31)25(16-19-8-4-2-5-9-19)29-27(32)33-18-20-10-6-3-7-11-20;/h2-15,23-25H,16-18,28H2,1H3,(H,29,32);1H/t23-,24+,25?;/m0./s1. The van der Waals surface area contributed by atoms with Crippen molar-refractivity contribution in [2.75, 3.05) is 11.9 Å². The third-order valence-corrected chi connectivity index (χ3v) is 5.96. The molecule has 0 heterocycles. The van der Waals surface area contributed by atoms with Crippen molar-refractivity contribution < 1.29 is 14.3 Å². The minimum atomic E-state index is -0.766. The van der Waals surface area contributed by atoms with Crippen molar-refractivity contribution in [2.45, 2.75) is 37.5 Å². The smallest absolute Gasteiger partial charge is 0.408 e. The molecular weight excluding hydrogens is 450 g/mol. The zero-order chi connectivity index (χ0) is 23.2. The molecule has 34 heavy (non-hydrogen) atoms. The van der Waals surface area contributed by atoms with Gasteiger partial charge in [0.2, 0.25) is 5.91 Å². The van der Waals surface area contributed by atoms with E-state index >= 15 is 0 Å². The number of halogens is 1. The lowest BCUT2D eigenvalue weighted by Crippen LogP contribution is -2.49. The van der Waals surface area contributed by atoms with Gasteiger partial charge in [0.25, 0.3) is 0 Å². The van der Waals surface area contributed by atoms with Crippen molar-refractivity contribution in [3.8, 4) is 0 Å². The van der Waals surface area contributed by atoms with Gasteiger partial charge < -0.3 is 20.7 Å². The fourth-order valence-electron chi connectivity index (χ4n) is 3.86. The summed E-state index contributed by atoms with van der Waals surface area (Å²) in [7, 11) is 1.72. The number of rotatable bonds is 8. The number of anilines is 1. The summed E-state index contributed by atoms with van der Waals surface area (Å²) in [4.78, 5) is 27.5. The molecule has 3 aromatic rings. The summed E-state index contributed by atoms with van der Waals surface area (Å²) < 4.78 is 5.36. The highest BCUT2D eigenvalue weighted by Gasteiger charge is 2.34. The zero-order valence-corrected chi connectivity index (χ0v) is 19.9. The molecule has 3 aromatic carbocycles. The quantitative estimate of drug-likeness (QED) is 0.500. The normalized spacial score (nSPS) is 17.1. The van der Waals surface area contributed by atoms with Crippen LogP contribution in [0.1, 0.15) is 29.0 Å². The van der Waals surface area contributed by atoms with Crippen LogP contribution in [-0.2, 0) is 22.6 Å². The third kappa shape index (κ3) is 6.59. The van der Waals surface area contributed by atoms with Gasteiger partial charge >= 0.3 is 6.09 Å². The van der Waals surface area contributed by atoms with Crippen molar-refractivity contribution in [1.29, 1.82) is 0 Å². The van der Waals surface area contributed by atoms with E-state index in [1.54, 1.807) is 11.9 Å². The van der Waals surface area contributed by atoms with Crippen LogP contribution in [0, 0.1) is 0 Å². The molecule has 0 spiro atoms. The van der Waals surface area contributed by atoms with Crippen LogP contribution in [0.25, 0.3) is 0 Å². The fourth-order valence-corrected chi connectivity index (χ4v) is 3.86. The second-order valence-electron chi connectivity index (χ2n) is 8.44. The molecule has 1 unspecified atom stereocenters. The van der Waals surface area contributed by atoms with E-state index in [0.717, 1.165) is 23.2 Å². The molecule has 7 heteroatoms. The summed E-state index contributed by atoms with van der Waals surface area (Å²) >= 11 is 0. The van der Waals surface area contributed by atoms with Crippen LogP contribution in [0.3, 0.4) is 0 Å². The molecular formula is C27H30ClN3O3. The molecule has 3 N–H and O–H groups in total. The Hall–Kier alpha value is -3.35. The monoisotopic (exact) mass is 479 g/mol. The van der Waals surface area contributed by atoms with E-state index in [4.69, 9.17) is 10.5 Å². The summed E-state index contributed by atoms with van der Waals surface area (Å²) in [6, 6.07) is 26.4. The molecule has 1 aliphatic rings. The van der Waals surface area contributed by atoms with Gasteiger partial charge in [0.05, 0.1) is 0 Å². The highest BCUT2D eigenvalue weighted by Crippen LogP contribution is 2.39.